The lowest BCUT2D eigenvalue weighted by Gasteiger charge is -2.29. The second-order valence-corrected chi connectivity index (χ2v) is 4.44. The fourth-order valence-corrected chi connectivity index (χ4v) is 2.21. The summed E-state index contributed by atoms with van der Waals surface area (Å²) in [5.74, 6) is -0.190. The van der Waals surface area contributed by atoms with E-state index in [1.165, 1.54) is 13.5 Å². The molecule has 16 heavy (non-hydrogen) atoms. The average molecular weight is 224 g/mol. The van der Waals surface area contributed by atoms with E-state index in [0.717, 1.165) is 38.5 Å². The van der Waals surface area contributed by atoms with Gasteiger partial charge in [0.25, 0.3) is 0 Å². The van der Waals surface area contributed by atoms with E-state index >= 15 is 0 Å². The number of hydrogen-bond acceptors (Lipinski definition) is 3. The van der Waals surface area contributed by atoms with Gasteiger partial charge in [-0.15, -0.1) is 0 Å². The Kier molecular flexibility index (Phi) is 5.27. The molecule has 1 rings (SSSR count). The summed E-state index contributed by atoms with van der Waals surface area (Å²) in [6.07, 6.45) is 7.11. The van der Waals surface area contributed by atoms with E-state index in [4.69, 9.17) is 4.74 Å². The quantitative estimate of drug-likeness (QED) is 0.794. The van der Waals surface area contributed by atoms with E-state index in [0.29, 0.717) is 0 Å². The summed E-state index contributed by atoms with van der Waals surface area (Å²) < 4.78 is 4.77. The molecule has 0 bridgehead atoms. The first-order valence-corrected chi connectivity index (χ1v) is 5.94. The van der Waals surface area contributed by atoms with Crippen LogP contribution in [0, 0.1) is 11.3 Å². The highest BCUT2D eigenvalue weighted by molar-refractivity contribution is 5.78. The monoisotopic (exact) mass is 224 g/mol. The summed E-state index contributed by atoms with van der Waals surface area (Å²) in [4.78, 5) is 11.5. The zero-order valence-electron chi connectivity index (χ0n) is 9.92. The molecule has 0 aromatic rings. The van der Waals surface area contributed by atoms with Crippen molar-refractivity contribution in [3.63, 3.8) is 0 Å². The topological polar surface area (TPSA) is 62.1 Å². The highest BCUT2D eigenvalue weighted by Crippen LogP contribution is 2.25. The molecule has 0 heterocycles. The molecular weight excluding hydrogens is 204 g/mol. The van der Waals surface area contributed by atoms with E-state index < -0.39 is 5.54 Å². The van der Waals surface area contributed by atoms with E-state index in [2.05, 4.69) is 11.4 Å². The highest BCUT2D eigenvalue weighted by atomic mass is 16.5. The number of carbonyl (C=O) groups excluding carboxylic acids is 1. The van der Waals surface area contributed by atoms with Crippen molar-refractivity contribution in [2.45, 2.75) is 50.5 Å². The minimum atomic E-state index is -0.657. The minimum absolute atomic E-state index is 0.0312. The van der Waals surface area contributed by atoms with Crippen LogP contribution in [-0.4, -0.2) is 25.2 Å². The van der Waals surface area contributed by atoms with E-state index in [1.54, 1.807) is 0 Å². The number of methoxy groups -OCH3 is 1. The van der Waals surface area contributed by atoms with E-state index in [1.807, 2.05) is 0 Å². The largest absolute Gasteiger partial charge is 0.375 e. The molecule has 0 radical (unpaired) electrons. The van der Waals surface area contributed by atoms with Gasteiger partial charge in [-0.1, -0.05) is 32.1 Å². The summed E-state index contributed by atoms with van der Waals surface area (Å²) >= 11 is 0. The van der Waals surface area contributed by atoms with Gasteiger partial charge in [0.2, 0.25) is 5.91 Å². The molecule has 1 fully saturated rings. The molecule has 0 atom stereocenters. The number of nitriles is 1. The Morgan fingerprint density at radius 1 is 1.31 bits per heavy atom. The second-order valence-electron chi connectivity index (χ2n) is 4.44. The van der Waals surface area contributed by atoms with Crippen LogP contribution in [0.15, 0.2) is 0 Å². The van der Waals surface area contributed by atoms with Crippen molar-refractivity contribution in [3.05, 3.63) is 0 Å². The maximum absolute atomic E-state index is 11.5. The molecule has 4 heteroatoms. The van der Waals surface area contributed by atoms with Gasteiger partial charge in [0.1, 0.15) is 12.1 Å². The van der Waals surface area contributed by atoms with Crippen molar-refractivity contribution in [1.29, 1.82) is 5.26 Å². The van der Waals surface area contributed by atoms with Crippen LogP contribution in [0.2, 0.25) is 0 Å². The number of hydrogen-bond donors (Lipinski definition) is 1. The summed E-state index contributed by atoms with van der Waals surface area (Å²) in [5, 5.41) is 12.1. The molecule has 90 valence electrons. The van der Waals surface area contributed by atoms with Crippen LogP contribution in [0.25, 0.3) is 0 Å². The Morgan fingerprint density at radius 2 is 1.88 bits per heavy atom. The first-order chi connectivity index (χ1) is 7.72. The lowest BCUT2D eigenvalue weighted by molar-refractivity contribution is -0.126. The molecule has 1 N–H and O–H groups in total. The molecule has 0 spiro atoms. The Labute approximate surface area is 97.0 Å². The fraction of sp³-hybridized carbons (Fsp3) is 0.833. The van der Waals surface area contributed by atoms with Crippen LogP contribution in [0.1, 0.15) is 44.9 Å². The smallest absolute Gasteiger partial charge is 0.247 e. The molecule has 0 aromatic carbocycles. The van der Waals surface area contributed by atoms with Crippen LogP contribution < -0.4 is 5.32 Å². The molecule has 0 aromatic heterocycles. The first kappa shape index (κ1) is 13.0. The lowest BCUT2D eigenvalue weighted by Crippen LogP contribution is -2.48. The van der Waals surface area contributed by atoms with Gasteiger partial charge in [0.05, 0.1) is 6.07 Å². The van der Waals surface area contributed by atoms with Gasteiger partial charge in [-0.05, 0) is 12.8 Å². The van der Waals surface area contributed by atoms with Gasteiger partial charge >= 0.3 is 0 Å². The maximum Gasteiger partial charge on any atom is 0.247 e. The van der Waals surface area contributed by atoms with Gasteiger partial charge in [0.15, 0.2) is 0 Å². The van der Waals surface area contributed by atoms with Crippen LogP contribution >= 0.6 is 0 Å². The SMILES string of the molecule is COCC(=O)NC1(C#N)CCCCCCC1. The van der Waals surface area contributed by atoms with Crippen molar-refractivity contribution in [2.75, 3.05) is 13.7 Å². The second kappa shape index (κ2) is 6.49. The van der Waals surface area contributed by atoms with Gasteiger partial charge in [-0.25, -0.2) is 0 Å². The normalized spacial score (nSPS) is 20.2. The number of rotatable bonds is 3. The number of amides is 1. The third kappa shape index (κ3) is 3.82. The van der Waals surface area contributed by atoms with Crippen molar-refractivity contribution in [1.82, 2.24) is 5.32 Å². The van der Waals surface area contributed by atoms with Gasteiger partial charge in [-0.3, -0.25) is 4.79 Å². The molecule has 1 saturated carbocycles. The molecule has 1 aliphatic rings. The fourth-order valence-electron chi connectivity index (χ4n) is 2.21. The Bertz CT molecular complexity index is 263. The van der Waals surface area contributed by atoms with Gasteiger partial charge in [-0.2, -0.15) is 5.26 Å². The lowest BCUT2D eigenvalue weighted by atomic mass is 9.85. The molecule has 1 amide bonds. The summed E-state index contributed by atoms with van der Waals surface area (Å²) in [6.45, 7) is 0.0312. The molecule has 0 unspecified atom stereocenters. The summed E-state index contributed by atoms with van der Waals surface area (Å²) in [5.41, 5.74) is -0.657. The third-order valence-electron chi connectivity index (χ3n) is 3.08. The highest BCUT2D eigenvalue weighted by Gasteiger charge is 2.31. The van der Waals surface area contributed by atoms with Crippen LogP contribution in [0.4, 0.5) is 0 Å². The zero-order chi connectivity index (χ0) is 11.9. The van der Waals surface area contributed by atoms with Crippen molar-refractivity contribution in [3.8, 4) is 6.07 Å². The van der Waals surface area contributed by atoms with Crippen LogP contribution in [-0.2, 0) is 9.53 Å². The number of nitrogens with zero attached hydrogens (tertiary/aromatic N) is 1. The zero-order valence-corrected chi connectivity index (χ0v) is 9.92. The third-order valence-corrected chi connectivity index (χ3v) is 3.08. The minimum Gasteiger partial charge on any atom is -0.375 e. The number of carbonyl (C=O) groups is 1. The molecule has 1 aliphatic carbocycles. The first-order valence-electron chi connectivity index (χ1n) is 5.94. The number of nitrogens with one attached hydrogen (secondary N) is 1. The maximum atomic E-state index is 11.5. The van der Waals surface area contributed by atoms with Crippen LogP contribution in [0.3, 0.4) is 0 Å². The van der Waals surface area contributed by atoms with Gasteiger partial charge in [0, 0.05) is 7.11 Å². The van der Waals surface area contributed by atoms with E-state index in [9.17, 15) is 10.1 Å². The van der Waals surface area contributed by atoms with Gasteiger partial charge < -0.3 is 10.1 Å². The van der Waals surface area contributed by atoms with Crippen molar-refractivity contribution >= 4 is 5.91 Å². The Hall–Kier alpha value is -1.08. The van der Waals surface area contributed by atoms with Crippen molar-refractivity contribution in [2.24, 2.45) is 0 Å². The number of ether oxygens (including phenoxy) is 1. The molecule has 4 nitrogen and oxygen atoms in total. The Morgan fingerprint density at radius 3 is 2.38 bits per heavy atom. The molecular formula is C12H20N2O2. The van der Waals surface area contributed by atoms with Crippen molar-refractivity contribution < 1.29 is 9.53 Å². The predicted molar refractivity (Wildman–Crippen MR) is 60.7 cm³/mol. The summed E-state index contributed by atoms with van der Waals surface area (Å²) in [6, 6.07) is 2.29. The molecule has 0 aliphatic heterocycles. The summed E-state index contributed by atoms with van der Waals surface area (Å²) in [7, 11) is 1.48. The Balaban J connectivity index is 2.59. The molecule has 0 saturated heterocycles. The average Bonchev–Trinajstić information content (AvgIpc) is 2.23. The standard InChI is InChI=1S/C12H20N2O2/c1-16-9-11(15)14-12(10-13)7-5-3-2-4-6-8-12/h2-9H2,1H3,(H,14,15). The van der Waals surface area contributed by atoms with E-state index in [-0.39, 0.29) is 12.5 Å². The van der Waals surface area contributed by atoms with Crippen LogP contribution in [0.5, 0.6) is 0 Å². The predicted octanol–water partition coefficient (Wildman–Crippen LogP) is 1.76.